The first kappa shape index (κ1) is 20.2. The monoisotopic (exact) mass is 450 g/mol. The minimum atomic E-state index is 0. The van der Waals surface area contributed by atoms with Crippen LogP contribution < -0.4 is 16.0 Å². The van der Waals surface area contributed by atoms with Crippen LogP contribution in [0.1, 0.15) is 43.4 Å². The highest BCUT2D eigenvalue weighted by Gasteiger charge is 2.22. The number of carbonyl (C=O) groups excluding carboxylic acids is 1. The largest absolute Gasteiger partial charge is 0.356 e. The average molecular weight is 450 g/mol. The summed E-state index contributed by atoms with van der Waals surface area (Å²) in [5.41, 5.74) is 0. The number of nitrogens with one attached hydrogen (secondary N) is 3. The smallest absolute Gasteiger partial charge is 0.220 e. The number of halogens is 1. The van der Waals surface area contributed by atoms with E-state index in [0.717, 1.165) is 38.3 Å². The summed E-state index contributed by atoms with van der Waals surface area (Å²) >= 11 is 1.78. The van der Waals surface area contributed by atoms with E-state index in [1.165, 1.54) is 4.88 Å². The van der Waals surface area contributed by atoms with Gasteiger partial charge in [-0.2, -0.15) is 0 Å². The molecule has 0 radical (unpaired) electrons. The second-order valence-electron chi connectivity index (χ2n) is 5.74. The number of hydrogen-bond acceptors (Lipinski definition) is 3. The molecule has 1 aromatic heterocycles. The molecule has 130 valence electrons. The molecule has 1 saturated carbocycles. The van der Waals surface area contributed by atoms with Gasteiger partial charge in [-0.05, 0) is 30.7 Å². The molecule has 1 atom stereocenters. The lowest BCUT2D eigenvalue weighted by molar-refractivity contribution is -0.121. The van der Waals surface area contributed by atoms with Crippen molar-refractivity contribution in [3.8, 4) is 0 Å². The van der Waals surface area contributed by atoms with Crippen LogP contribution in [0.5, 0.6) is 0 Å². The molecule has 2 rings (SSSR count). The van der Waals surface area contributed by atoms with Crippen molar-refractivity contribution in [3.63, 3.8) is 0 Å². The number of rotatable bonds is 8. The molecule has 7 heteroatoms. The van der Waals surface area contributed by atoms with Crippen LogP contribution in [0.3, 0.4) is 0 Å². The Bertz CT molecular complexity index is 488. The number of hydrogen-bond donors (Lipinski definition) is 3. The predicted molar refractivity (Wildman–Crippen MR) is 108 cm³/mol. The van der Waals surface area contributed by atoms with Gasteiger partial charge in [0.05, 0.1) is 0 Å². The minimum absolute atomic E-state index is 0. The normalized spacial score (nSPS) is 15.5. The minimum Gasteiger partial charge on any atom is -0.356 e. The van der Waals surface area contributed by atoms with E-state index in [1.807, 2.05) is 0 Å². The third kappa shape index (κ3) is 8.01. The number of carbonyl (C=O) groups is 1. The van der Waals surface area contributed by atoms with Crippen LogP contribution in [0.25, 0.3) is 0 Å². The maximum absolute atomic E-state index is 11.6. The predicted octanol–water partition coefficient (Wildman–Crippen LogP) is 2.69. The summed E-state index contributed by atoms with van der Waals surface area (Å²) in [5, 5.41) is 11.7. The zero-order valence-electron chi connectivity index (χ0n) is 13.8. The van der Waals surface area contributed by atoms with E-state index in [4.69, 9.17) is 0 Å². The van der Waals surface area contributed by atoms with E-state index in [2.05, 4.69) is 45.4 Å². The van der Waals surface area contributed by atoms with Crippen molar-refractivity contribution >= 4 is 47.2 Å². The third-order valence-corrected chi connectivity index (χ3v) is 4.75. The molecule has 3 N–H and O–H groups in total. The standard InChI is InChI=1S/C16H26N4OS.HI/c1-12(14-5-4-10-22-14)11-19-16(17-2)18-9-3-6-15(21)20-13-7-8-13;/h4-5,10,12-13H,3,6-9,11H2,1-2H3,(H,20,21)(H2,17,18,19);1H. The SMILES string of the molecule is CN=C(NCCCC(=O)NC1CC1)NCC(C)c1cccs1.I. The van der Waals surface area contributed by atoms with Crippen LogP contribution in [0.15, 0.2) is 22.5 Å². The molecule has 0 spiro atoms. The van der Waals surface area contributed by atoms with Gasteiger partial charge >= 0.3 is 0 Å². The van der Waals surface area contributed by atoms with Crippen LogP contribution >= 0.6 is 35.3 Å². The van der Waals surface area contributed by atoms with Crippen molar-refractivity contribution in [1.29, 1.82) is 0 Å². The number of guanidine groups is 1. The van der Waals surface area contributed by atoms with Crippen molar-refractivity contribution in [1.82, 2.24) is 16.0 Å². The molecule has 0 saturated heterocycles. The Kier molecular flexibility index (Phi) is 9.54. The maximum Gasteiger partial charge on any atom is 0.220 e. The summed E-state index contributed by atoms with van der Waals surface area (Å²) < 4.78 is 0. The summed E-state index contributed by atoms with van der Waals surface area (Å²) in [6.45, 7) is 3.81. The molecule has 5 nitrogen and oxygen atoms in total. The summed E-state index contributed by atoms with van der Waals surface area (Å²) in [5.74, 6) is 1.42. The van der Waals surface area contributed by atoms with Gasteiger partial charge in [-0.25, -0.2) is 0 Å². The highest BCUT2D eigenvalue weighted by atomic mass is 127. The Hall–Kier alpha value is -0.830. The summed E-state index contributed by atoms with van der Waals surface area (Å²) in [4.78, 5) is 17.2. The molecule has 0 aromatic carbocycles. The van der Waals surface area contributed by atoms with Gasteiger partial charge in [0.15, 0.2) is 5.96 Å². The Morgan fingerprint density at radius 1 is 1.43 bits per heavy atom. The topological polar surface area (TPSA) is 65.5 Å². The fourth-order valence-corrected chi connectivity index (χ4v) is 2.91. The Morgan fingerprint density at radius 2 is 2.22 bits per heavy atom. The fraction of sp³-hybridized carbons (Fsp3) is 0.625. The van der Waals surface area contributed by atoms with Crippen LogP contribution in [0, 0.1) is 0 Å². The van der Waals surface area contributed by atoms with Gasteiger partial charge in [0.1, 0.15) is 0 Å². The summed E-state index contributed by atoms with van der Waals surface area (Å²) in [6, 6.07) is 4.69. The van der Waals surface area contributed by atoms with Gasteiger partial charge in [0, 0.05) is 43.4 Å². The molecule has 23 heavy (non-hydrogen) atoms. The van der Waals surface area contributed by atoms with E-state index >= 15 is 0 Å². The summed E-state index contributed by atoms with van der Waals surface area (Å²) in [7, 11) is 1.77. The molecule has 0 bridgehead atoms. The summed E-state index contributed by atoms with van der Waals surface area (Å²) in [6.07, 6.45) is 3.68. The van der Waals surface area contributed by atoms with Gasteiger partial charge in [0.2, 0.25) is 5.91 Å². The van der Waals surface area contributed by atoms with Gasteiger partial charge in [-0.15, -0.1) is 35.3 Å². The van der Waals surface area contributed by atoms with Crippen LogP contribution in [-0.2, 0) is 4.79 Å². The highest BCUT2D eigenvalue weighted by molar-refractivity contribution is 14.0. The molecular weight excluding hydrogens is 423 g/mol. The van der Waals surface area contributed by atoms with E-state index in [0.29, 0.717) is 18.4 Å². The second kappa shape index (κ2) is 10.9. The maximum atomic E-state index is 11.6. The van der Waals surface area contributed by atoms with Gasteiger partial charge in [-0.3, -0.25) is 9.79 Å². The van der Waals surface area contributed by atoms with Gasteiger partial charge in [0.25, 0.3) is 0 Å². The fourth-order valence-electron chi connectivity index (χ4n) is 2.13. The van der Waals surface area contributed by atoms with E-state index < -0.39 is 0 Å². The molecule has 0 aliphatic heterocycles. The number of thiophene rings is 1. The quantitative estimate of drug-likeness (QED) is 0.247. The molecule has 1 aliphatic rings. The first-order valence-electron chi connectivity index (χ1n) is 7.96. The zero-order chi connectivity index (χ0) is 15.8. The van der Waals surface area contributed by atoms with Gasteiger partial charge < -0.3 is 16.0 Å². The second-order valence-corrected chi connectivity index (χ2v) is 6.72. The molecule has 1 unspecified atom stereocenters. The third-order valence-electron chi connectivity index (χ3n) is 3.64. The van der Waals surface area contributed by atoms with Crippen molar-refractivity contribution in [2.75, 3.05) is 20.1 Å². The zero-order valence-corrected chi connectivity index (χ0v) is 16.9. The van der Waals surface area contributed by atoms with E-state index in [1.54, 1.807) is 18.4 Å². The molecule has 1 amide bonds. The first-order valence-corrected chi connectivity index (χ1v) is 8.84. The lowest BCUT2D eigenvalue weighted by Crippen LogP contribution is -2.39. The average Bonchev–Trinajstić information content (AvgIpc) is 3.15. The lowest BCUT2D eigenvalue weighted by Gasteiger charge is -2.15. The number of amides is 1. The van der Waals surface area contributed by atoms with E-state index in [-0.39, 0.29) is 29.9 Å². The van der Waals surface area contributed by atoms with Gasteiger partial charge in [-0.1, -0.05) is 13.0 Å². The molecule has 1 heterocycles. The number of nitrogens with zero attached hydrogens (tertiary/aromatic N) is 1. The van der Waals surface area contributed by atoms with Crippen molar-refractivity contribution in [3.05, 3.63) is 22.4 Å². The molecule has 1 aromatic rings. The van der Waals surface area contributed by atoms with E-state index in [9.17, 15) is 4.79 Å². The van der Waals surface area contributed by atoms with Crippen molar-refractivity contribution in [2.24, 2.45) is 4.99 Å². The van der Waals surface area contributed by atoms with Crippen LogP contribution in [-0.4, -0.2) is 38.0 Å². The van der Waals surface area contributed by atoms with Crippen LogP contribution in [0.4, 0.5) is 0 Å². The Morgan fingerprint density at radius 3 is 2.83 bits per heavy atom. The number of aliphatic imine (C=N–C) groups is 1. The van der Waals surface area contributed by atoms with Crippen molar-refractivity contribution < 1.29 is 4.79 Å². The van der Waals surface area contributed by atoms with Crippen LogP contribution in [0.2, 0.25) is 0 Å². The molecular formula is C16H27IN4OS. The molecule has 1 fully saturated rings. The van der Waals surface area contributed by atoms with Crippen molar-refractivity contribution in [2.45, 2.75) is 44.6 Å². The Balaban J connectivity index is 0.00000264. The first-order chi connectivity index (χ1) is 10.7. The highest BCUT2D eigenvalue weighted by Crippen LogP contribution is 2.19. The Labute approximate surface area is 159 Å². The molecule has 1 aliphatic carbocycles. The lowest BCUT2D eigenvalue weighted by atomic mass is 10.1.